The molecule has 0 aliphatic heterocycles. The molecule has 2 aromatic rings. The van der Waals surface area contributed by atoms with E-state index < -0.39 is 5.97 Å². The lowest BCUT2D eigenvalue weighted by Crippen LogP contribution is -2.23. The molecule has 1 unspecified atom stereocenters. The maximum absolute atomic E-state index is 12.5. The van der Waals surface area contributed by atoms with Crippen molar-refractivity contribution in [1.29, 1.82) is 0 Å². The topological polar surface area (TPSA) is 108 Å². The molecule has 1 aromatic heterocycles. The molecule has 1 aliphatic rings. The highest BCUT2D eigenvalue weighted by Gasteiger charge is 2.29. The SMILES string of the molecule is COC(=O)COc1ccc(NC(=O)C(C)Sc2nnnn2C2CC2)c(C)c1. The van der Waals surface area contributed by atoms with Crippen LogP contribution >= 0.6 is 11.8 Å². The Hall–Kier alpha value is -2.62. The fraction of sp³-hybridized carbons (Fsp3) is 0.471. The van der Waals surface area contributed by atoms with E-state index in [9.17, 15) is 9.59 Å². The molecule has 0 bridgehead atoms. The van der Waals surface area contributed by atoms with E-state index in [2.05, 4.69) is 25.6 Å². The molecular weight excluding hydrogens is 370 g/mol. The molecule has 1 amide bonds. The fourth-order valence-electron chi connectivity index (χ4n) is 2.32. The number of anilines is 1. The Balaban J connectivity index is 1.58. The number of benzene rings is 1. The first-order valence-electron chi connectivity index (χ1n) is 8.53. The van der Waals surface area contributed by atoms with Crippen LogP contribution in [-0.4, -0.2) is 51.1 Å². The number of aromatic nitrogens is 4. The number of aryl methyl sites for hydroxylation is 1. The van der Waals surface area contributed by atoms with Gasteiger partial charge >= 0.3 is 5.97 Å². The highest BCUT2D eigenvalue weighted by Crippen LogP contribution is 2.37. The predicted molar refractivity (Wildman–Crippen MR) is 98.7 cm³/mol. The van der Waals surface area contributed by atoms with Crippen LogP contribution in [0.3, 0.4) is 0 Å². The minimum Gasteiger partial charge on any atom is -0.482 e. The minimum atomic E-state index is -0.454. The van der Waals surface area contributed by atoms with Crippen LogP contribution in [0.1, 0.15) is 31.4 Å². The van der Waals surface area contributed by atoms with E-state index in [1.165, 1.54) is 18.9 Å². The van der Waals surface area contributed by atoms with Gasteiger partial charge in [0.05, 0.1) is 18.4 Å². The van der Waals surface area contributed by atoms with Crippen LogP contribution in [0.2, 0.25) is 0 Å². The molecule has 0 radical (unpaired) electrons. The molecule has 1 aliphatic carbocycles. The number of hydrogen-bond acceptors (Lipinski definition) is 8. The number of esters is 1. The molecule has 144 valence electrons. The largest absolute Gasteiger partial charge is 0.482 e. The van der Waals surface area contributed by atoms with Gasteiger partial charge in [-0.05, 0) is 60.9 Å². The number of hydrogen-bond donors (Lipinski definition) is 1. The van der Waals surface area contributed by atoms with Crippen LogP contribution in [0.15, 0.2) is 23.4 Å². The van der Waals surface area contributed by atoms with Gasteiger partial charge in [0.15, 0.2) is 6.61 Å². The molecule has 1 fully saturated rings. The number of carbonyl (C=O) groups excluding carboxylic acids is 2. The minimum absolute atomic E-state index is 0.142. The van der Waals surface area contributed by atoms with Crippen molar-refractivity contribution in [2.24, 2.45) is 0 Å². The molecule has 0 spiro atoms. The number of methoxy groups -OCH3 is 1. The second-order valence-electron chi connectivity index (χ2n) is 6.23. The highest BCUT2D eigenvalue weighted by atomic mass is 32.2. The van der Waals surface area contributed by atoms with Crippen LogP contribution in [0.25, 0.3) is 0 Å². The number of tetrazole rings is 1. The zero-order chi connectivity index (χ0) is 19.4. The number of nitrogens with zero attached hydrogens (tertiary/aromatic N) is 4. The Labute approximate surface area is 160 Å². The Morgan fingerprint density at radius 2 is 2.19 bits per heavy atom. The molecular formula is C17H21N5O4S. The number of thioether (sulfide) groups is 1. The van der Waals surface area contributed by atoms with E-state index in [1.54, 1.807) is 22.9 Å². The van der Waals surface area contributed by atoms with Gasteiger partial charge in [0.1, 0.15) is 5.75 Å². The lowest BCUT2D eigenvalue weighted by molar-refractivity contribution is -0.142. The maximum Gasteiger partial charge on any atom is 0.343 e. The summed E-state index contributed by atoms with van der Waals surface area (Å²) in [7, 11) is 1.30. The van der Waals surface area contributed by atoms with Gasteiger partial charge in [0.2, 0.25) is 11.1 Å². The smallest absolute Gasteiger partial charge is 0.343 e. The average Bonchev–Trinajstić information content (AvgIpc) is 3.40. The van der Waals surface area contributed by atoms with Crippen LogP contribution in [0, 0.1) is 6.92 Å². The van der Waals surface area contributed by atoms with Crippen molar-refractivity contribution >= 4 is 29.3 Å². The summed E-state index contributed by atoms with van der Waals surface area (Å²) >= 11 is 1.33. The second kappa shape index (κ2) is 8.38. The molecule has 3 rings (SSSR count). The summed E-state index contributed by atoms with van der Waals surface area (Å²) in [6.45, 7) is 3.51. The Morgan fingerprint density at radius 3 is 2.85 bits per heavy atom. The van der Waals surface area contributed by atoms with Gasteiger partial charge in [0.25, 0.3) is 0 Å². The summed E-state index contributed by atoms with van der Waals surface area (Å²) in [5, 5.41) is 14.9. The van der Waals surface area contributed by atoms with Crippen molar-refractivity contribution in [3.8, 4) is 5.75 Å². The third-order valence-corrected chi connectivity index (χ3v) is 5.09. The molecule has 1 heterocycles. The van der Waals surface area contributed by atoms with Gasteiger partial charge in [0, 0.05) is 5.69 Å². The molecule has 9 nitrogen and oxygen atoms in total. The molecule has 1 atom stereocenters. The molecule has 1 N–H and O–H groups in total. The maximum atomic E-state index is 12.5. The van der Waals surface area contributed by atoms with Crippen LogP contribution in [0.5, 0.6) is 5.75 Å². The molecule has 10 heteroatoms. The van der Waals surface area contributed by atoms with Crippen molar-refractivity contribution in [2.75, 3.05) is 19.0 Å². The lowest BCUT2D eigenvalue weighted by atomic mass is 10.2. The first-order chi connectivity index (χ1) is 13.0. The van der Waals surface area contributed by atoms with E-state index in [-0.39, 0.29) is 17.8 Å². The summed E-state index contributed by atoms with van der Waals surface area (Å²) in [6.07, 6.45) is 2.14. The van der Waals surface area contributed by atoms with Crippen molar-refractivity contribution in [1.82, 2.24) is 20.2 Å². The lowest BCUT2D eigenvalue weighted by Gasteiger charge is -2.14. The average molecular weight is 391 g/mol. The van der Waals surface area contributed by atoms with Crippen LogP contribution in [-0.2, 0) is 14.3 Å². The standard InChI is InChI=1S/C17H21N5O4S/c1-10-8-13(26-9-15(23)25-3)6-7-14(10)18-16(24)11(2)27-17-19-20-21-22(17)12-4-5-12/h6-8,11-12H,4-5,9H2,1-3H3,(H,18,24). The Bertz CT molecular complexity index is 836. The van der Waals surface area contributed by atoms with Crippen molar-refractivity contribution in [3.63, 3.8) is 0 Å². The highest BCUT2D eigenvalue weighted by molar-refractivity contribution is 8.00. The molecule has 27 heavy (non-hydrogen) atoms. The summed E-state index contributed by atoms with van der Waals surface area (Å²) in [6, 6.07) is 5.55. The molecule has 1 saturated carbocycles. The predicted octanol–water partition coefficient (Wildman–Crippen LogP) is 1.99. The van der Waals surface area contributed by atoms with E-state index in [0.29, 0.717) is 22.6 Å². The first kappa shape index (κ1) is 19.2. The normalized spacial score (nSPS) is 14.5. The van der Waals surface area contributed by atoms with Gasteiger partial charge in [-0.15, -0.1) is 5.10 Å². The molecule has 0 saturated heterocycles. The first-order valence-corrected chi connectivity index (χ1v) is 9.41. The van der Waals surface area contributed by atoms with Crippen molar-refractivity contribution < 1.29 is 19.1 Å². The summed E-state index contributed by atoms with van der Waals surface area (Å²) in [4.78, 5) is 23.7. The van der Waals surface area contributed by atoms with Gasteiger partial charge in [-0.3, -0.25) is 4.79 Å². The monoisotopic (exact) mass is 391 g/mol. The number of carbonyl (C=O) groups is 2. The van der Waals surface area contributed by atoms with Gasteiger partial charge in [-0.25, -0.2) is 9.48 Å². The van der Waals surface area contributed by atoms with Crippen LogP contribution in [0.4, 0.5) is 5.69 Å². The summed E-state index contributed by atoms with van der Waals surface area (Å²) < 4.78 is 11.7. The second-order valence-corrected chi connectivity index (χ2v) is 7.54. The van der Waals surface area contributed by atoms with E-state index in [1.807, 2.05) is 13.8 Å². The quantitative estimate of drug-likeness (QED) is 0.538. The zero-order valence-electron chi connectivity index (χ0n) is 15.3. The third-order valence-electron chi connectivity index (χ3n) is 4.05. The number of amides is 1. The van der Waals surface area contributed by atoms with Crippen molar-refractivity contribution in [3.05, 3.63) is 23.8 Å². The molecule has 1 aromatic carbocycles. The fourth-order valence-corrected chi connectivity index (χ4v) is 3.18. The summed E-state index contributed by atoms with van der Waals surface area (Å²) in [5.74, 6) is -0.0666. The van der Waals surface area contributed by atoms with E-state index in [0.717, 1.165) is 18.4 Å². The Morgan fingerprint density at radius 1 is 1.41 bits per heavy atom. The van der Waals surface area contributed by atoms with Gasteiger partial charge < -0.3 is 14.8 Å². The van der Waals surface area contributed by atoms with Crippen molar-refractivity contribution in [2.45, 2.75) is 43.1 Å². The van der Waals surface area contributed by atoms with Gasteiger partial charge in [-0.1, -0.05) is 11.8 Å². The van der Waals surface area contributed by atoms with Crippen LogP contribution < -0.4 is 10.1 Å². The zero-order valence-corrected chi connectivity index (χ0v) is 16.2. The van der Waals surface area contributed by atoms with E-state index in [4.69, 9.17) is 4.74 Å². The number of ether oxygens (including phenoxy) is 2. The summed E-state index contributed by atoms with van der Waals surface area (Å²) in [5.41, 5.74) is 1.50. The number of nitrogens with one attached hydrogen (secondary N) is 1. The van der Waals surface area contributed by atoms with Gasteiger partial charge in [-0.2, -0.15) is 0 Å². The Kier molecular flexibility index (Phi) is 5.94. The third kappa shape index (κ3) is 4.97. The van der Waals surface area contributed by atoms with E-state index >= 15 is 0 Å². The number of rotatable bonds is 8.